The second-order valence-electron chi connectivity index (χ2n) is 8.22. The molecule has 0 saturated carbocycles. The van der Waals surface area contributed by atoms with Gasteiger partial charge in [-0.2, -0.15) is 5.10 Å². The molecule has 172 valence electrons. The number of nitrogens with zero attached hydrogens (tertiary/aromatic N) is 2. The van der Waals surface area contributed by atoms with Crippen molar-refractivity contribution in [2.24, 2.45) is 11.7 Å². The number of carbonyl (C=O) groups excluding carboxylic acids is 4. The quantitative estimate of drug-likeness (QED) is 0.462. The van der Waals surface area contributed by atoms with Crippen molar-refractivity contribution in [1.82, 2.24) is 20.4 Å². The van der Waals surface area contributed by atoms with E-state index < -0.39 is 17.9 Å². The topological polar surface area (TPSA) is 136 Å². The molecule has 3 rings (SSSR count). The Labute approximate surface area is 190 Å². The highest BCUT2D eigenvalue weighted by molar-refractivity contribution is 8.14. The number of hydrogen-bond acceptors (Lipinski definition) is 6. The van der Waals surface area contributed by atoms with Crippen LogP contribution in [0.3, 0.4) is 0 Å². The van der Waals surface area contributed by atoms with E-state index in [4.69, 9.17) is 5.73 Å². The summed E-state index contributed by atoms with van der Waals surface area (Å²) < 4.78 is 1.74. The van der Waals surface area contributed by atoms with Crippen molar-refractivity contribution in [3.63, 3.8) is 0 Å². The van der Waals surface area contributed by atoms with Gasteiger partial charge >= 0.3 is 0 Å². The number of nitrogens with two attached hydrogens (primary N) is 1. The number of aromatic nitrogens is 2. The monoisotopic (exact) mass is 459 g/mol. The lowest BCUT2D eigenvalue weighted by atomic mass is 10.0. The number of thioether (sulfide) groups is 1. The summed E-state index contributed by atoms with van der Waals surface area (Å²) in [7, 11) is 0. The zero-order chi connectivity index (χ0) is 23.3. The molecule has 2 aromatic rings. The van der Waals surface area contributed by atoms with Gasteiger partial charge in [0.2, 0.25) is 16.9 Å². The summed E-state index contributed by atoms with van der Waals surface area (Å²) in [4.78, 5) is 48.2. The minimum absolute atomic E-state index is 0.0307. The SMILES string of the molecule is CC(C)C(NC(=O)c1nn(CCCCC(=O)NC2CCSC2=O)c2ccccc12)C(N)=O. The van der Waals surface area contributed by atoms with Gasteiger partial charge in [0, 0.05) is 24.1 Å². The van der Waals surface area contributed by atoms with E-state index in [1.165, 1.54) is 11.8 Å². The third-order valence-corrected chi connectivity index (χ3v) is 6.44. The predicted octanol–water partition coefficient (Wildman–Crippen LogP) is 1.59. The lowest BCUT2D eigenvalue weighted by molar-refractivity contribution is -0.124. The Balaban J connectivity index is 1.61. The van der Waals surface area contributed by atoms with E-state index in [0.717, 1.165) is 11.3 Å². The average Bonchev–Trinajstić information content (AvgIpc) is 3.32. The van der Waals surface area contributed by atoms with Crippen LogP contribution in [0, 0.1) is 5.92 Å². The highest BCUT2D eigenvalue weighted by Gasteiger charge is 2.27. The molecule has 1 fully saturated rings. The standard InChI is InChI=1S/C22H29N5O4S/c1-13(2)18(20(23)29)25-21(30)19-14-7-3-4-8-16(14)27(26-19)11-6-5-9-17(28)24-15-10-12-32-22(15)31/h3-4,7-8,13,15,18H,5-6,9-12H2,1-2H3,(H2,23,29)(H,24,28)(H,25,30). The molecule has 10 heteroatoms. The number of aryl methyl sites for hydroxylation is 1. The van der Waals surface area contributed by atoms with Crippen LogP contribution in [0.15, 0.2) is 24.3 Å². The molecule has 4 N–H and O–H groups in total. The van der Waals surface area contributed by atoms with Crippen LogP contribution in [0.4, 0.5) is 0 Å². The van der Waals surface area contributed by atoms with Crippen molar-refractivity contribution in [3.8, 4) is 0 Å². The molecule has 1 aliphatic rings. The number of hydrogen-bond donors (Lipinski definition) is 3. The number of amides is 3. The van der Waals surface area contributed by atoms with Crippen LogP contribution in [0.25, 0.3) is 10.9 Å². The van der Waals surface area contributed by atoms with Crippen molar-refractivity contribution in [2.45, 2.75) is 58.2 Å². The van der Waals surface area contributed by atoms with E-state index in [2.05, 4.69) is 15.7 Å². The first kappa shape index (κ1) is 23.8. The first-order valence-electron chi connectivity index (χ1n) is 10.8. The summed E-state index contributed by atoms with van der Waals surface area (Å²) in [5.41, 5.74) is 6.45. The summed E-state index contributed by atoms with van der Waals surface area (Å²) in [6, 6.07) is 6.24. The smallest absolute Gasteiger partial charge is 0.273 e. The third-order valence-electron chi connectivity index (χ3n) is 5.43. The molecule has 1 aromatic heterocycles. The molecule has 2 unspecified atom stereocenters. The second kappa shape index (κ2) is 10.6. The van der Waals surface area contributed by atoms with Crippen molar-refractivity contribution in [2.75, 3.05) is 5.75 Å². The van der Waals surface area contributed by atoms with E-state index >= 15 is 0 Å². The van der Waals surface area contributed by atoms with Crippen LogP contribution in [0.2, 0.25) is 0 Å². The van der Waals surface area contributed by atoms with Crippen LogP contribution in [0.5, 0.6) is 0 Å². The normalized spacial score (nSPS) is 17.0. The highest BCUT2D eigenvalue weighted by atomic mass is 32.2. The Morgan fingerprint density at radius 3 is 2.66 bits per heavy atom. The lowest BCUT2D eigenvalue weighted by Crippen LogP contribution is -2.47. The molecule has 32 heavy (non-hydrogen) atoms. The number of carbonyl (C=O) groups is 4. The molecule has 0 aliphatic carbocycles. The molecule has 3 amide bonds. The fraction of sp³-hybridized carbons (Fsp3) is 0.500. The number of fused-ring (bicyclic) bond motifs is 1. The Morgan fingerprint density at radius 1 is 1.25 bits per heavy atom. The molecular formula is C22H29N5O4S. The summed E-state index contributed by atoms with van der Waals surface area (Å²) in [6.07, 6.45) is 2.33. The van der Waals surface area contributed by atoms with Gasteiger partial charge in [-0.05, 0) is 31.2 Å². The zero-order valence-corrected chi connectivity index (χ0v) is 19.1. The van der Waals surface area contributed by atoms with Crippen LogP contribution < -0.4 is 16.4 Å². The van der Waals surface area contributed by atoms with Crippen molar-refractivity contribution < 1.29 is 19.2 Å². The van der Waals surface area contributed by atoms with E-state index in [-0.39, 0.29) is 28.7 Å². The van der Waals surface area contributed by atoms with Crippen LogP contribution in [0.1, 0.15) is 50.0 Å². The fourth-order valence-electron chi connectivity index (χ4n) is 3.68. The molecule has 1 aliphatic heterocycles. The van der Waals surface area contributed by atoms with Crippen molar-refractivity contribution in [3.05, 3.63) is 30.0 Å². The molecule has 0 radical (unpaired) electrons. The minimum atomic E-state index is -0.782. The summed E-state index contributed by atoms with van der Waals surface area (Å²) in [5, 5.41) is 10.7. The maximum absolute atomic E-state index is 12.8. The number of rotatable bonds is 10. The maximum Gasteiger partial charge on any atom is 0.273 e. The molecule has 0 bridgehead atoms. The molecular weight excluding hydrogens is 430 g/mol. The van der Waals surface area contributed by atoms with Gasteiger partial charge in [-0.25, -0.2) is 0 Å². The maximum atomic E-state index is 12.8. The highest BCUT2D eigenvalue weighted by Crippen LogP contribution is 2.21. The van der Waals surface area contributed by atoms with Gasteiger partial charge < -0.3 is 16.4 Å². The van der Waals surface area contributed by atoms with Gasteiger partial charge in [-0.1, -0.05) is 43.8 Å². The van der Waals surface area contributed by atoms with Gasteiger partial charge in [0.05, 0.1) is 11.6 Å². The molecule has 9 nitrogen and oxygen atoms in total. The first-order chi connectivity index (χ1) is 15.3. The number of benzene rings is 1. The summed E-state index contributed by atoms with van der Waals surface area (Å²) >= 11 is 1.26. The number of unbranched alkanes of at least 4 members (excludes halogenated alkanes) is 1. The largest absolute Gasteiger partial charge is 0.368 e. The predicted molar refractivity (Wildman–Crippen MR) is 123 cm³/mol. The van der Waals surface area contributed by atoms with Gasteiger partial charge in [0.1, 0.15) is 6.04 Å². The summed E-state index contributed by atoms with van der Waals surface area (Å²) in [6.45, 7) is 4.15. The molecule has 2 atom stereocenters. The van der Waals surface area contributed by atoms with E-state index in [9.17, 15) is 19.2 Å². The molecule has 1 saturated heterocycles. The van der Waals surface area contributed by atoms with E-state index in [0.29, 0.717) is 37.6 Å². The number of primary amides is 1. The average molecular weight is 460 g/mol. The molecule has 1 aromatic carbocycles. The van der Waals surface area contributed by atoms with Gasteiger partial charge in [0.15, 0.2) is 5.69 Å². The third kappa shape index (κ3) is 5.67. The zero-order valence-electron chi connectivity index (χ0n) is 18.3. The van der Waals surface area contributed by atoms with Gasteiger partial charge in [0.25, 0.3) is 5.91 Å². The number of para-hydroxylation sites is 1. The molecule has 0 spiro atoms. The van der Waals surface area contributed by atoms with E-state index in [1.54, 1.807) is 4.68 Å². The second-order valence-corrected chi connectivity index (χ2v) is 9.32. The van der Waals surface area contributed by atoms with Crippen molar-refractivity contribution >= 4 is 45.5 Å². The fourth-order valence-corrected chi connectivity index (χ4v) is 4.61. The molecule has 2 heterocycles. The Kier molecular flexibility index (Phi) is 7.89. The van der Waals surface area contributed by atoms with Crippen LogP contribution in [-0.4, -0.2) is 50.5 Å². The van der Waals surface area contributed by atoms with Crippen LogP contribution in [-0.2, 0) is 20.9 Å². The van der Waals surface area contributed by atoms with Gasteiger partial charge in [-0.3, -0.25) is 23.9 Å². The van der Waals surface area contributed by atoms with Crippen LogP contribution >= 0.6 is 11.8 Å². The Hall–Kier alpha value is -2.88. The first-order valence-corrected chi connectivity index (χ1v) is 11.8. The van der Waals surface area contributed by atoms with Gasteiger partial charge in [-0.15, -0.1) is 0 Å². The Morgan fingerprint density at radius 2 is 2.00 bits per heavy atom. The number of nitrogens with one attached hydrogen (secondary N) is 2. The minimum Gasteiger partial charge on any atom is -0.368 e. The van der Waals surface area contributed by atoms with E-state index in [1.807, 2.05) is 38.1 Å². The van der Waals surface area contributed by atoms with Crippen molar-refractivity contribution in [1.29, 1.82) is 0 Å². The Bertz CT molecular complexity index is 1020. The summed E-state index contributed by atoms with van der Waals surface area (Å²) in [5.74, 6) is -0.552. The lowest BCUT2D eigenvalue weighted by Gasteiger charge is -2.18.